The van der Waals surface area contributed by atoms with Gasteiger partial charge in [-0.15, -0.1) is 5.10 Å². The third-order valence-corrected chi connectivity index (χ3v) is 7.61. The van der Waals surface area contributed by atoms with E-state index < -0.39 is 10.1 Å². The lowest BCUT2D eigenvalue weighted by atomic mass is 10.0. The second kappa shape index (κ2) is 10.9. The smallest absolute Gasteiger partial charge is 0.339 e. The molecule has 1 heterocycles. The van der Waals surface area contributed by atoms with Crippen LogP contribution in [0.1, 0.15) is 32.3 Å². The Balaban J connectivity index is 1.64. The molecule has 35 heavy (non-hydrogen) atoms. The molecule has 8 nitrogen and oxygen atoms in total. The summed E-state index contributed by atoms with van der Waals surface area (Å²) in [6.07, 6.45) is 3.09. The van der Waals surface area contributed by atoms with Gasteiger partial charge in [0.2, 0.25) is 5.91 Å². The Morgan fingerprint density at radius 1 is 1.06 bits per heavy atom. The summed E-state index contributed by atoms with van der Waals surface area (Å²) in [7, 11) is -4.11. The average molecular weight is 512 g/mol. The summed E-state index contributed by atoms with van der Waals surface area (Å²) in [4.78, 5) is 12.0. The fourth-order valence-corrected chi connectivity index (χ4v) is 5.55. The van der Waals surface area contributed by atoms with Crippen molar-refractivity contribution >= 4 is 49.9 Å². The number of carbonyl (C=O) groups is 1. The van der Waals surface area contributed by atoms with E-state index in [1.807, 2.05) is 38.1 Å². The van der Waals surface area contributed by atoms with Crippen molar-refractivity contribution in [3.63, 3.8) is 0 Å². The number of thioether (sulfide) groups is 1. The van der Waals surface area contributed by atoms with Crippen LogP contribution in [-0.4, -0.2) is 37.6 Å². The maximum atomic E-state index is 13.0. The van der Waals surface area contributed by atoms with E-state index in [4.69, 9.17) is 8.92 Å². The average Bonchev–Trinajstić information content (AvgIpc) is 3.20. The normalized spacial score (nSPS) is 17.3. The van der Waals surface area contributed by atoms with Gasteiger partial charge in [0.1, 0.15) is 10.6 Å². The Bertz CT molecular complexity index is 1390. The van der Waals surface area contributed by atoms with Crippen LogP contribution in [0.15, 0.2) is 75.8 Å². The van der Waals surface area contributed by atoms with Crippen molar-refractivity contribution in [2.24, 2.45) is 10.2 Å². The zero-order valence-corrected chi connectivity index (χ0v) is 20.9. The molecule has 0 bridgehead atoms. The maximum Gasteiger partial charge on any atom is 0.339 e. The number of ether oxygens (including phenoxy) is 1. The van der Waals surface area contributed by atoms with Crippen LogP contribution in [0.2, 0.25) is 0 Å². The number of fused-ring (bicyclic) bond motifs is 1. The first kappa shape index (κ1) is 24.7. The zero-order valence-electron chi connectivity index (χ0n) is 19.3. The number of amides is 1. The Kier molecular flexibility index (Phi) is 7.72. The highest BCUT2D eigenvalue weighted by atomic mass is 32.2. The van der Waals surface area contributed by atoms with Crippen molar-refractivity contribution in [2.75, 3.05) is 6.61 Å². The van der Waals surface area contributed by atoms with Crippen LogP contribution in [0.4, 0.5) is 0 Å². The first-order valence-electron chi connectivity index (χ1n) is 11.2. The van der Waals surface area contributed by atoms with Gasteiger partial charge in [-0.25, -0.2) is 0 Å². The van der Waals surface area contributed by atoms with Crippen molar-refractivity contribution in [3.8, 4) is 11.5 Å². The van der Waals surface area contributed by atoms with Crippen molar-refractivity contribution in [2.45, 2.75) is 36.8 Å². The standard InChI is InChI=1S/C25H25N3O5S2/c1-3-7-23-24(29)27-25(34-23)28-26-16-21-20-9-6-5-8-17(20)10-15-22(21)33-35(30,31)19-13-11-18(12-14-19)32-4-2/h5-6,8-16,23H,3-4,7H2,1-2H3,(H,27,28,29)/b26-16+. The van der Waals surface area contributed by atoms with Crippen LogP contribution in [0.3, 0.4) is 0 Å². The second-order valence-corrected chi connectivity index (χ2v) is 10.4. The summed E-state index contributed by atoms with van der Waals surface area (Å²) in [6.45, 7) is 4.35. The van der Waals surface area contributed by atoms with E-state index in [1.165, 1.54) is 30.1 Å². The van der Waals surface area contributed by atoms with E-state index in [-0.39, 0.29) is 21.8 Å². The minimum atomic E-state index is -4.11. The molecule has 10 heteroatoms. The molecule has 0 spiro atoms. The molecule has 1 unspecified atom stereocenters. The van der Waals surface area contributed by atoms with E-state index >= 15 is 0 Å². The predicted molar refractivity (Wildman–Crippen MR) is 139 cm³/mol. The van der Waals surface area contributed by atoms with Gasteiger partial charge in [0.15, 0.2) is 10.9 Å². The molecular weight excluding hydrogens is 486 g/mol. The van der Waals surface area contributed by atoms with Gasteiger partial charge in [-0.1, -0.05) is 55.4 Å². The van der Waals surface area contributed by atoms with Crippen molar-refractivity contribution in [1.29, 1.82) is 0 Å². The Morgan fingerprint density at radius 2 is 1.83 bits per heavy atom. The van der Waals surface area contributed by atoms with Gasteiger partial charge >= 0.3 is 10.1 Å². The van der Waals surface area contributed by atoms with E-state index in [1.54, 1.807) is 24.3 Å². The SMILES string of the molecule is CCCC1S/C(=N/N=C/c2c(OS(=O)(=O)c3ccc(OCC)cc3)ccc3ccccc23)NC1=O. The molecule has 1 aliphatic rings. The number of hydrogen-bond acceptors (Lipinski definition) is 8. The number of nitrogens with zero attached hydrogens (tertiary/aromatic N) is 2. The van der Waals surface area contributed by atoms with Gasteiger partial charge in [-0.3, -0.25) is 4.79 Å². The van der Waals surface area contributed by atoms with Gasteiger partial charge in [0.05, 0.1) is 18.1 Å². The summed E-state index contributed by atoms with van der Waals surface area (Å²) in [5.74, 6) is 0.608. The second-order valence-electron chi connectivity index (χ2n) is 7.67. The maximum absolute atomic E-state index is 13.0. The van der Waals surface area contributed by atoms with E-state index in [9.17, 15) is 13.2 Å². The summed E-state index contributed by atoms with van der Waals surface area (Å²) in [5.41, 5.74) is 0.460. The van der Waals surface area contributed by atoms with Gasteiger partial charge in [0, 0.05) is 5.56 Å². The molecule has 1 aliphatic heterocycles. The van der Waals surface area contributed by atoms with Crippen LogP contribution < -0.4 is 14.2 Å². The fraction of sp³-hybridized carbons (Fsp3) is 0.240. The van der Waals surface area contributed by atoms with Crippen LogP contribution in [0, 0.1) is 0 Å². The quantitative estimate of drug-likeness (QED) is 0.253. The molecule has 182 valence electrons. The number of hydrogen-bond donors (Lipinski definition) is 1. The minimum Gasteiger partial charge on any atom is -0.494 e. The summed E-state index contributed by atoms with van der Waals surface area (Å²) in [6, 6.07) is 16.9. The van der Waals surface area contributed by atoms with Crippen molar-refractivity contribution in [3.05, 3.63) is 66.2 Å². The summed E-state index contributed by atoms with van der Waals surface area (Å²) >= 11 is 1.34. The van der Waals surface area contributed by atoms with Crippen LogP contribution >= 0.6 is 11.8 Å². The Labute approximate surface area is 208 Å². The molecule has 0 aliphatic carbocycles. The molecule has 3 aromatic rings. The molecule has 1 atom stereocenters. The molecule has 1 N–H and O–H groups in total. The topological polar surface area (TPSA) is 106 Å². The molecule has 0 radical (unpaired) electrons. The highest BCUT2D eigenvalue weighted by Crippen LogP contribution is 2.30. The van der Waals surface area contributed by atoms with Gasteiger partial charge in [-0.05, 0) is 54.4 Å². The van der Waals surface area contributed by atoms with Crippen LogP contribution in [0.25, 0.3) is 10.8 Å². The first-order chi connectivity index (χ1) is 16.9. The Morgan fingerprint density at radius 3 is 2.57 bits per heavy atom. The fourth-order valence-electron chi connectivity index (χ4n) is 3.56. The molecule has 0 aromatic heterocycles. The van der Waals surface area contributed by atoms with Gasteiger partial charge in [0.25, 0.3) is 0 Å². The number of benzene rings is 3. The molecule has 3 aromatic carbocycles. The number of amidine groups is 1. The van der Waals surface area contributed by atoms with Crippen LogP contribution in [0.5, 0.6) is 11.5 Å². The molecule has 1 saturated heterocycles. The van der Waals surface area contributed by atoms with E-state index in [0.29, 0.717) is 23.1 Å². The summed E-state index contributed by atoms with van der Waals surface area (Å²) < 4.78 is 36.9. The third kappa shape index (κ3) is 5.83. The highest BCUT2D eigenvalue weighted by Gasteiger charge is 2.29. The Hall–Kier alpha value is -3.37. The van der Waals surface area contributed by atoms with Gasteiger partial charge in [-0.2, -0.15) is 13.5 Å². The van der Waals surface area contributed by atoms with Crippen LogP contribution in [-0.2, 0) is 14.9 Å². The van der Waals surface area contributed by atoms with E-state index in [0.717, 1.165) is 23.6 Å². The molecular formula is C25H25N3O5S2. The lowest BCUT2D eigenvalue weighted by Gasteiger charge is -2.12. The molecule has 1 fully saturated rings. The minimum absolute atomic E-state index is 0.00396. The lowest BCUT2D eigenvalue weighted by molar-refractivity contribution is -0.118. The van der Waals surface area contributed by atoms with Crippen molar-refractivity contribution < 1.29 is 22.1 Å². The number of carbonyl (C=O) groups excluding carboxylic acids is 1. The number of rotatable bonds is 9. The molecule has 4 rings (SSSR count). The molecule has 0 saturated carbocycles. The molecule has 1 amide bonds. The largest absolute Gasteiger partial charge is 0.494 e. The first-order valence-corrected chi connectivity index (χ1v) is 13.5. The van der Waals surface area contributed by atoms with Gasteiger partial charge < -0.3 is 14.2 Å². The monoisotopic (exact) mass is 511 g/mol. The third-order valence-electron chi connectivity index (χ3n) is 5.22. The lowest BCUT2D eigenvalue weighted by Crippen LogP contribution is -2.24. The number of nitrogens with one attached hydrogen (secondary N) is 1. The predicted octanol–water partition coefficient (Wildman–Crippen LogP) is 4.73. The van der Waals surface area contributed by atoms with Crippen molar-refractivity contribution in [1.82, 2.24) is 5.32 Å². The van der Waals surface area contributed by atoms with E-state index in [2.05, 4.69) is 15.5 Å². The zero-order chi connectivity index (χ0) is 24.8. The highest BCUT2D eigenvalue weighted by molar-refractivity contribution is 8.15. The summed E-state index contributed by atoms with van der Waals surface area (Å²) in [5, 5.41) is 12.9.